The molecule has 0 radical (unpaired) electrons. The van der Waals surface area contributed by atoms with Crippen molar-refractivity contribution >= 4 is 22.8 Å². The molecular weight excluding hydrogens is 286 g/mol. The van der Waals surface area contributed by atoms with Crippen molar-refractivity contribution in [2.24, 2.45) is 0 Å². The van der Waals surface area contributed by atoms with Gasteiger partial charge in [0.15, 0.2) is 0 Å². The number of benzene rings is 1. The Bertz CT molecular complexity index is 725. The van der Waals surface area contributed by atoms with Gasteiger partial charge in [0.05, 0.1) is 43.0 Å². The highest BCUT2D eigenvalue weighted by molar-refractivity contribution is 6.06. The van der Waals surface area contributed by atoms with Crippen LogP contribution in [0.1, 0.15) is 22.3 Å². The molecule has 2 N–H and O–H groups in total. The predicted octanol–water partition coefficient (Wildman–Crippen LogP) is 1.19. The molecule has 0 aliphatic carbocycles. The van der Waals surface area contributed by atoms with E-state index >= 15 is 0 Å². The molecule has 1 unspecified atom stereocenters. The van der Waals surface area contributed by atoms with E-state index in [-0.39, 0.29) is 18.9 Å². The minimum absolute atomic E-state index is 0.121. The summed E-state index contributed by atoms with van der Waals surface area (Å²) in [6.07, 6.45) is 1.55. The third-order valence-corrected chi connectivity index (χ3v) is 3.82. The van der Waals surface area contributed by atoms with Crippen LogP contribution in [0, 0.1) is 6.92 Å². The number of rotatable bonds is 3. The average Bonchev–Trinajstić information content (AvgIpc) is 2.93. The molecule has 0 bridgehead atoms. The van der Waals surface area contributed by atoms with Gasteiger partial charge in [-0.25, -0.2) is 0 Å². The van der Waals surface area contributed by atoms with E-state index in [4.69, 9.17) is 9.84 Å². The summed E-state index contributed by atoms with van der Waals surface area (Å²) in [5.74, 6) is -1.13. The van der Waals surface area contributed by atoms with Crippen molar-refractivity contribution in [2.45, 2.75) is 19.4 Å². The van der Waals surface area contributed by atoms with Gasteiger partial charge in [0.2, 0.25) is 0 Å². The molecule has 0 spiro atoms. The smallest absolute Gasteiger partial charge is 0.305 e. The number of aliphatic carboxylic acids is 1. The van der Waals surface area contributed by atoms with Crippen LogP contribution in [0.4, 0.5) is 0 Å². The molecule has 1 aliphatic heterocycles. The molecule has 1 amide bonds. The van der Waals surface area contributed by atoms with E-state index in [0.717, 1.165) is 10.9 Å². The van der Waals surface area contributed by atoms with Crippen molar-refractivity contribution in [3.8, 4) is 0 Å². The number of carboxylic acid groups (broad SMARTS) is 1. The molecule has 1 aromatic heterocycles. The molecule has 22 heavy (non-hydrogen) atoms. The number of fused-ring (bicyclic) bond motifs is 1. The number of aromatic amines is 1. The predicted molar refractivity (Wildman–Crippen MR) is 78.7 cm³/mol. The molecule has 1 saturated heterocycles. The third kappa shape index (κ3) is 2.67. The lowest BCUT2D eigenvalue weighted by atomic mass is 10.0. The second-order valence-corrected chi connectivity index (χ2v) is 5.47. The van der Waals surface area contributed by atoms with Crippen LogP contribution in [0.3, 0.4) is 0 Å². The van der Waals surface area contributed by atoms with Crippen LogP contribution in [0.25, 0.3) is 10.9 Å². The number of amides is 1. The van der Waals surface area contributed by atoms with Crippen molar-refractivity contribution < 1.29 is 19.4 Å². The summed E-state index contributed by atoms with van der Waals surface area (Å²) in [4.78, 5) is 25.5. The summed E-state index contributed by atoms with van der Waals surface area (Å²) >= 11 is 0. The van der Waals surface area contributed by atoms with Gasteiger partial charge in [-0.3, -0.25) is 14.7 Å². The van der Waals surface area contributed by atoms with E-state index in [2.05, 4.69) is 10.2 Å². The number of hydrogen-bond donors (Lipinski definition) is 2. The van der Waals surface area contributed by atoms with Gasteiger partial charge in [-0.1, -0.05) is 0 Å². The molecule has 116 valence electrons. The zero-order valence-electron chi connectivity index (χ0n) is 12.2. The Hall–Kier alpha value is -2.41. The zero-order chi connectivity index (χ0) is 15.7. The van der Waals surface area contributed by atoms with E-state index in [9.17, 15) is 9.59 Å². The Morgan fingerprint density at radius 3 is 3.09 bits per heavy atom. The Balaban J connectivity index is 1.96. The van der Waals surface area contributed by atoms with E-state index in [1.165, 1.54) is 0 Å². The molecular formula is C15H17N3O4. The van der Waals surface area contributed by atoms with Crippen LogP contribution in [-0.4, -0.2) is 57.9 Å². The molecule has 7 nitrogen and oxygen atoms in total. The van der Waals surface area contributed by atoms with E-state index in [1.54, 1.807) is 17.2 Å². The number of nitrogens with one attached hydrogen (secondary N) is 1. The molecule has 3 rings (SSSR count). The van der Waals surface area contributed by atoms with Crippen LogP contribution in [0.2, 0.25) is 0 Å². The fourth-order valence-corrected chi connectivity index (χ4v) is 2.82. The van der Waals surface area contributed by atoms with Crippen molar-refractivity contribution in [3.05, 3.63) is 29.5 Å². The minimum atomic E-state index is -0.941. The van der Waals surface area contributed by atoms with Crippen molar-refractivity contribution in [2.75, 3.05) is 19.8 Å². The van der Waals surface area contributed by atoms with Gasteiger partial charge in [0.1, 0.15) is 0 Å². The number of carbonyl (C=O) groups excluding carboxylic acids is 1. The number of ether oxygens (including phenoxy) is 1. The SMILES string of the molecule is Cc1cc(C(=O)N2CCOCC2CC(=O)O)c2[nH]ncc2c1. The standard InChI is InChI=1S/C15H17N3O4/c1-9-4-10-7-16-17-14(10)12(5-9)15(21)18-2-3-22-8-11(18)6-13(19)20/h4-5,7,11H,2-3,6,8H2,1H3,(H,16,17)(H,19,20). The lowest BCUT2D eigenvalue weighted by Gasteiger charge is -2.35. The van der Waals surface area contributed by atoms with E-state index in [0.29, 0.717) is 24.2 Å². The topological polar surface area (TPSA) is 95.5 Å². The maximum Gasteiger partial charge on any atom is 0.305 e. The van der Waals surface area contributed by atoms with E-state index < -0.39 is 12.0 Å². The first-order valence-corrected chi connectivity index (χ1v) is 7.10. The van der Waals surface area contributed by atoms with E-state index in [1.807, 2.05) is 13.0 Å². The average molecular weight is 303 g/mol. The van der Waals surface area contributed by atoms with Crippen LogP contribution < -0.4 is 0 Å². The fraction of sp³-hybridized carbons (Fsp3) is 0.400. The minimum Gasteiger partial charge on any atom is -0.481 e. The number of carboxylic acids is 1. The highest BCUT2D eigenvalue weighted by Gasteiger charge is 2.30. The second kappa shape index (κ2) is 5.76. The lowest BCUT2D eigenvalue weighted by molar-refractivity contribution is -0.139. The normalized spacial score (nSPS) is 18.6. The number of H-pyrrole nitrogens is 1. The molecule has 7 heteroatoms. The molecule has 2 aromatic rings. The Morgan fingerprint density at radius 2 is 2.32 bits per heavy atom. The van der Waals surface area contributed by atoms with Crippen molar-refractivity contribution in [3.63, 3.8) is 0 Å². The molecule has 2 heterocycles. The fourth-order valence-electron chi connectivity index (χ4n) is 2.82. The number of aromatic nitrogens is 2. The van der Waals surface area contributed by atoms with Crippen LogP contribution in [0.5, 0.6) is 0 Å². The highest BCUT2D eigenvalue weighted by atomic mass is 16.5. The van der Waals surface area contributed by atoms with Crippen LogP contribution in [0.15, 0.2) is 18.3 Å². The van der Waals surface area contributed by atoms with Gasteiger partial charge in [-0.2, -0.15) is 5.10 Å². The summed E-state index contributed by atoms with van der Waals surface area (Å²) in [5, 5.41) is 16.7. The number of nitrogens with zero attached hydrogens (tertiary/aromatic N) is 2. The number of hydrogen-bond acceptors (Lipinski definition) is 4. The van der Waals surface area contributed by atoms with Crippen molar-refractivity contribution in [1.29, 1.82) is 0 Å². The second-order valence-electron chi connectivity index (χ2n) is 5.47. The third-order valence-electron chi connectivity index (χ3n) is 3.82. The Labute approximate surface area is 126 Å². The van der Waals surface area contributed by atoms with Crippen LogP contribution in [-0.2, 0) is 9.53 Å². The zero-order valence-corrected chi connectivity index (χ0v) is 12.2. The molecule has 1 aromatic carbocycles. The molecule has 0 saturated carbocycles. The summed E-state index contributed by atoms with van der Waals surface area (Å²) in [7, 11) is 0. The first kappa shape index (κ1) is 14.5. The van der Waals surface area contributed by atoms with Gasteiger partial charge in [0.25, 0.3) is 5.91 Å². The van der Waals surface area contributed by atoms with Gasteiger partial charge < -0.3 is 14.7 Å². The monoisotopic (exact) mass is 303 g/mol. The van der Waals surface area contributed by atoms with Gasteiger partial charge in [-0.05, 0) is 24.6 Å². The largest absolute Gasteiger partial charge is 0.481 e. The summed E-state index contributed by atoms with van der Waals surface area (Å²) in [5.41, 5.74) is 2.15. The summed E-state index contributed by atoms with van der Waals surface area (Å²) < 4.78 is 5.32. The quantitative estimate of drug-likeness (QED) is 0.888. The van der Waals surface area contributed by atoms with Crippen LogP contribution >= 0.6 is 0 Å². The summed E-state index contributed by atoms with van der Waals surface area (Å²) in [6, 6.07) is 3.30. The van der Waals surface area contributed by atoms with Crippen molar-refractivity contribution in [1.82, 2.24) is 15.1 Å². The summed E-state index contributed by atoms with van der Waals surface area (Å²) in [6.45, 7) is 2.97. The highest BCUT2D eigenvalue weighted by Crippen LogP contribution is 2.22. The van der Waals surface area contributed by atoms with Gasteiger partial charge in [0, 0.05) is 11.9 Å². The lowest BCUT2D eigenvalue weighted by Crippen LogP contribution is -2.49. The number of carbonyl (C=O) groups is 2. The first-order chi connectivity index (χ1) is 10.6. The molecule has 1 atom stereocenters. The maximum absolute atomic E-state index is 12.9. The number of aryl methyl sites for hydroxylation is 1. The van der Waals surface area contributed by atoms with Gasteiger partial charge >= 0.3 is 5.97 Å². The van der Waals surface area contributed by atoms with Gasteiger partial charge in [-0.15, -0.1) is 0 Å². The Morgan fingerprint density at radius 1 is 1.50 bits per heavy atom. The molecule has 1 aliphatic rings. The number of morpholine rings is 1. The molecule has 1 fully saturated rings. The maximum atomic E-state index is 12.9. The first-order valence-electron chi connectivity index (χ1n) is 7.10. The Kier molecular flexibility index (Phi) is 3.81.